The minimum atomic E-state index is -3.87. The summed E-state index contributed by atoms with van der Waals surface area (Å²) in [6.07, 6.45) is 0. The summed E-state index contributed by atoms with van der Waals surface area (Å²) >= 11 is 12.1. The van der Waals surface area contributed by atoms with E-state index in [4.69, 9.17) is 37.4 Å². The number of halogens is 2. The molecule has 142 valence electrons. The fourth-order valence-corrected chi connectivity index (χ4v) is 4.09. The van der Waals surface area contributed by atoms with E-state index in [9.17, 15) is 8.42 Å². The van der Waals surface area contributed by atoms with Crippen LogP contribution in [-0.2, 0) is 16.6 Å². The molecule has 0 unspecified atom stereocenters. The molecule has 2 rings (SSSR count). The van der Waals surface area contributed by atoms with Crippen molar-refractivity contribution in [2.75, 3.05) is 20.8 Å². The Morgan fingerprint density at radius 3 is 2.23 bits per heavy atom. The number of hydrogen-bond acceptors (Lipinski definition) is 5. The van der Waals surface area contributed by atoms with E-state index in [0.29, 0.717) is 29.4 Å². The molecule has 0 aliphatic heterocycles. The summed E-state index contributed by atoms with van der Waals surface area (Å²) < 4.78 is 43.3. The van der Waals surface area contributed by atoms with Crippen molar-refractivity contribution in [3.05, 3.63) is 45.9 Å². The first-order chi connectivity index (χ1) is 12.3. The van der Waals surface area contributed by atoms with Gasteiger partial charge in [-0.15, -0.1) is 0 Å². The summed E-state index contributed by atoms with van der Waals surface area (Å²) in [5.74, 6) is 1.41. The summed E-state index contributed by atoms with van der Waals surface area (Å²) in [5.41, 5.74) is 0.702. The highest BCUT2D eigenvalue weighted by Crippen LogP contribution is 2.36. The van der Waals surface area contributed by atoms with Gasteiger partial charge in [0, 0.05) is 6.54 Å². The molecule has 0 aliphatic carbocycles. The highest BCUT2D eigenvalue weighted by Gasteiger charge is 2.22. The lowest BCUT2D eigenvalue weighted by Gasteiger charge is -2.13. The lowest BCUT2D eigenvalue weighted by molar-refractivity contribution is 0.310. The smallest absolute Gasteiger partial charge is 0.242 e. The number of methoxy groups -OCH3 is 2. The molecule has 9 heteroatoms. The quantitative estimate of drug-likeness (QED) is 0.702. The zero-order valence-corrected chi connectivity index (χ0v) is 16.8. The van der Waals surface area contributed by atoms with Crippen LogP contribution >= 0.6 is 23.2 Å². The van der Waals surface area contributed by atoms with Crippen LogP contribution in [0.1, 0.15) is 12.5 Å². The van der Waals surface area contributed by atoms with Crippen molar-refractivity contribution in [1.82, 2.24) is 4.72 Å². The Bertz CT molecular complexity index is 887. The molecular formula is C17H19Cl2NO5S. The maximum Gasteiger partial charge on any atom is 0.242 e. The number of hydrogen-bond donors (Lipinski definition) is 1. The monoisotopic (exact) mass is 419 g/mol. The maximum atomic E-state index is 12.6. The van der Waals surface area contributed by atoms with Gasteiger partial charge in [-0.05, 0) is 36.8 Å². The molecule has 0 saturated heterocycles. The van der Waals surface area contributed by atoms with Gasteiger partial charge in [0.05, 0.1) is 25.8 Å². The Labute approximate surface area is 163 Å². The Kier molecular flexibility index (Phi) is 7.00. The molecule has 0 spiro atoms. The highest BCUT2D eigenvalue weighted by molar-refractivity contribution is 7.89. The lowest BCUT2D eigenvalue weighted by Crippen LogP contribution is -2.23. The molecule has 0 radical (unpaired) electrons. The van der Waals surface area contributed by atoms with Crippen LogP contribution in [0.25, 0.3) is 0 Å². The van der Waals surface area contributed by atoms with Crippen molar-refractivity contribution in [3.8, 4) is 17.2 Å². The van der Waals surface area contributed by atoms with Gasteiger partial charge < -0.3 is 14.2 Å². The third-order valence-electron chi connectivity index (χ3n) is 3.52. The van der Waals surface area contributed by atoms with E-state index in [-0.39, 0.29) is 21.5 Å². The molecule has 0 heterocycles. The second-order valence-corrected chi connectivity index (χ2v) is 7.63. The largest absolute Gasteiger partial charge is 0.495 e. The normalized spacial score (nSPS) is 11.3. The third kappa shape index (κ3) is 4.54. The van der Waals surface area contributed by atoms with E-state index in [1.54, 1.807) is 18.2 Å². The second-order valence-electron chi connectivity index (χ2n) is 5.14. The SMILES string of the molecule is CCOc1cc(CNS(=O)(=O)c2ccc(OC)c(Cl)c2Cl)ccc1OC. The zero-order valence-electron chi connectivity index (χ0n) is 14.5. The average molecular weight is 420 g/mol. The third-order valence-corrected chi connectivity index (χ3v) is 5.94. The van der Waals surface area contributed by atoms with Gasteiger partial charge in [0.25, 0.3) is 0 Å². The molecule has 0 saturated carbocycles. The molecular weight excluding hydrogens is 401 g/mol. The van der Waals surface area contributed by atoms with Gasteiger partial charge in [-0.3, -0.25) is 0 Å². The van der Waals surface area contributed by atoms with E-state index < -0.39 is 10.0 Å². The van der Waals surface area contributed by atoms with Crippen LogP contribution in [0.3, 0.4) is 0 Å². The molecule has 0 atom stereocenters. The number of nitrogens with one attached hydrogen (secondary N) is 1. The van der Waals surface area contributed by atoms with Crippen molar-refractivity contribution >= 4 is 33.2 Å². The fourth-order valence-electron chi connectivity index (χ4n) is 2.23. The summed E-state index contributed by atoms with van der Waals surface area (Å²) in [7, 11) is -0.914. The molecule has 0 bridgehead atoms. The van der Waals surface area contributed by atoms with Crippen LogP contribution in [0.15, 0.2) is 35.2 Å². The predicted molar refractivity (Wildman–Crippen MR) is 101 cm³/mol. The zero-order chi connectivity index (χ0) is 19.3. The number of sulfonamides is 1. The first-order valence-electron chi connectivity index (χ1n) is 7.65. The first-order valence-corrected chi connectivity index (χ1v) is 9.89. The molecule has 0 fully saturated rings. The summed E-state index contributed by atoms with van der Waals surface area (Å²) in [4.78, 5) is -0.122. The van der Waals surface area contributed by atoms with Gasteiger partial charge in [-0.25, -0.2) is 13.1 Å². The molecule has 0 aromatic heterocycles. The first kappa shape index (κ1) is 20.6. The standard InChI is InChI=1S/C17H19Cl2NO5S/c1-4-25-14-9-11(5-6-12(14)23-2)10-20-26(21,22)15-8-7-13(24-3)16(18)17(15)19/h5-9,20H,4,10H2,1-3H3. The van der Waals surface area contributed by atoms with E-state index in [1.165, 1.54) is 26.4 Å². The van der Waals surface area contributed by atoms with Crippen LogP contribution in [0.4, 0.5) is 0 Å². The maximum absolute atomic E-state index is 12.6. The lowest BCUT2D eigenvalue weighted by atomic mass is 10.2. The van der Waals surface area contributed by atoms with Crippen molar-refractivity contribution in [1.29, 1.82) is 0 Å². The van der Waals surface area contributed by atoms with E-state index >= 15 is 0 Å². The molecule has 6 nitrogen and oxygen atoms in total. The van der Waals surface area contributed by atoms with Gasteiger partial charge in [0.15, 0.2) is 11.5 Å². The summed E-state index contributed by atoms with van der Waals surface area (Å²) in [5, 5.41) is -0.0524. The number of ether oxygens (including phenoxy) is 3. The van der Waals surface area contributed by atoms with Crippen molar-refractivity contribution in [2.24, 2.45) is 0 Å². The van der Waals surface area contributed by atoms with Crippen molar-refractivity contribution in [3.63, 3.8) is 0 Å². The van der Waals surface area contributed by atoms with Gasteiger partial charge in [0.2, 0.25) is 10.0 Å². The Hall–Kier alpha value is -1.67. The Morgan fingerprint density at radius 2 is 1.62 bits per heavy atom. The van der Waals surface area contributed by atoms with Crippen molar-refractivity contribution in [2.45, 2.75) is 18.4 Å². The fraction of sp³-hybridized carbons (Fsp3) is 0.294. The molecule has 0 aliphatic rings. The van der Waals surface area contributed by atoms with Crippen LogP contribution < -0.4 is 18.9 Å². The summed E-state index contributed by atoms with van der Waals surface area (Å²) in [6.45, 7) is 2.36. The minimum absolute atomic E-state index is 0.0418. The number of benzene rings is 2. The van der Waals surface area contributed by atoms with Crippen LogP contribution in [0.2, 0.25) is 10.0 Å². The Morgan fingerprint density at radius 1 is 0.962 bits per heavy atom. The molecule has 0 amide bonds. The van der Waals surface area contributed by atoms with E-state index in [0.717, 1.165) is 0 Å². The Balaban J connectivity index is 2.23. The second kappa shape index (κ2) is 8.81. The van der Waals surface area contributed by atoms with Crippen molar-refractivity contribution < 1.29 is 22.6 Å². The van der Waals surface area contributed by atoms with Gasteiger partial charge in [-0.2, -0.15) is 0 Å². The van der Waals surface area contributed by atoms with Gasteiger partial charge in [-0.1, -0.05) is 29.3 Å². The molecule has 26 heavy (non-hydrogen) atoms. The molecule has 2 aromatic rings. The molecule has 2 aromatic carbocycles. The minimum Gasteiger partial charge on any atom is -0.495 e. The molecule has 1 N–H and O–H groups in total. The topological polar surface area (TPSA) is 73.9 Å². The highest BCUT2D eigenvalue weighted by atomic mass is 35.5. The van der Waals surface area contributed by atoms with Crippen LogP contribution in [0, 0.1) is 0 Å². The van der Waals surface area contributed by atoms with Gasteiger partial charge in [0.1, 0.15) is 15.7 Å². The van der Waals surface area contributed by atoms with E-state index in [2.05, 4.69) is 4.72 Å². The number of rotatable bonds is 8. The van der Waals surface area contributed by atoms with Crippen LogP contribution in [-0.4, -0.2) is 29.2 Å². The summed E-state index contributed by atoms with van der Waals surface area (Å²) in [6, 6.07) is 7.96. The van der Waals surface area contributed by atoms with Gasteiger partial charge >= 0.3 is 0 Å². The van der Waals surface area contributed by atoms with E-state index in [1.807, 2.05) is 6.92 Å². The predicted octanol–water partition coefficient (Wildman–Crippen LogP) is 3.89. The van der Waals surface area contributed by atoms with Crippen LogP contribution in [0.5, 0.6) is 17.2 Å². The average Bonchev–Trinajstić information content (AvgIpc) is 2.62.